The standard InChI is InChI=1S/C17H16N4O3/c1-23-6-7-24-17-19-10-14-8-15(22)21(16(14)20-17)11-13-4-2-12(9-18)3-5-13/h2-5,10H,6-8,11H2,1H3. The summed E-state index contributed by atoms with van der Waals surface area (Å²) in [5, 5.41) is 8.85. The minimum absolute atomic E-state index is 0.0299. The Morgan fingerprint density at radius 2 is 2.08 bits per heavy atom. The molecule has 24 heavy (non-hydrogen) atoms. The quantitative estimate of drug-likeness (QED) is 0.748. The van der Waals surface area contributed by atoms with Crippen molar-refractivity contribution < 1.29 is 14.3 Å². The van der Waals surface area contributed by atoms with Crippen LogP contribution in [0.1, 0.15) is 16.7 Å². The zero-order valence-corrected chi connectivity index (χ0v) is 13.2. The molecule has 0 aliphatic carbocycles. The van der Waals surface area contributed by atoms with Crippen LogP contribution in [0.5, 0.6) is 6.01 Å². The predicted octanol–water partition coefficient (Wildman–Crippen LogP) is 1.46. The molecule has 0 atom stereocenters. The van der Waals surface area contributed by atoms with Crippen LogP contribution in [0.15, 0.2) is 30.5 Å². The number of carbonyl (C=O) groups excluding carboxylic acids is 1. The number of carbonyl (C=O) groups is 1. The number of anilines is 1. The molecule has 0 saturated heterocycles. The van der Waals surface area contributed by atoms with Crippen molar-refractivity contribution >= 4 is 11.7 Å². The summed E-state index contributed by atoms with van der Waals surface area (Å²) in [6, 6.07) is 9.44. The maximum Gasteiger partial charge on any atom is 0.318 e. The Morgan fingerprint density at radius 1 is 1.29 bits per heavy atom. The van der Waals surface area contributed by atoms with Gasteiger partial charge in [-0.15, -0.1) is 0 Å². The molecule has 0 fully saturated rings. The van der Waals surface area contributed by atoms with Gasteiger partial charge in [-0.3, -0.25) is 9.69 Å². The molecule has 0 bridgehead atoms. The second kappa shape index (κ2) is 7.06. The van der Waals surface area contributed by atoms with Crippen LogP contribution in [0, 0.1) is 11.3 Å². The van der Waals surface area contributed by atoms with E-state index in [4.69, 9.17) is 14.7 Å². The molecule has 0 radical (unpaired) electrons. The van der Waals surface area contributed by atoms with Crippen LogP contribution in [-0.4, -0.2) is 36.2 Å². The molecular formula is C17H16N4O3. The molecule has 1 aromatic carbocycles. The molecule has 3 rings (SSSR count). The Bertz CT molecular complexity index is 783. The largest absolute Gasteiger partial charge is 0.461 e. The van der Waals surface area contributed by atoms with Gasteiger partial charge in [0.1, 0.15) is 12.4 Å². The van der Waals surface area contributed by atoms with Gasteiger partial charge in [-0.2, -0.15) is 10.2 Å². The fraction of sp³-hybridized carbons (Fsp3) is 0.294. The molecule has 0 unspecified atom stereocenters. The third-order valence-electron chi connectivity index (χ3n) is 3.66. The van der Waals surface area contributed by atoms with E-state index >= 15 is 0 Å². The average Bonchev–Trinajstić information content (AvgIpc) is 2.91. The number of amides is 1. The summed E-state index contributed by atoms with van der Waals surface area (Å²) < 4.78 is 10.3. The summed E-state index contributed by atoms with van der Waals surface area (Å²) in [6.07, 6.45) is 1.91. The van der Waals surface area contributed by atoms with Crippen LogP contribution in [0.4, 0.5) is 5.82 Å². The molecular weight excluding hydrogens is 308 g/mol. The number of rotatable bonds is 6. The minimum Gasteiger partial charge on any atom is -0.461 e. The van der Waals surface area contributed by atoms with Gasteiger partial charge in [-0.1, -0.05) is 12.1 Å². The monoisotopic (exact) mass is 324 g/mol. The summed E-state index contributed by atoms with van der Waals surface area (Å²) in [5.74, 6) is 0.546. The third kappa shape index (κ3) is 3.34. The summed E-state index contributed by atoms with van der Waals surface area (Å²) >= 11 is 0. The van der Waals surface area contributed by atoms with Crippen molar-refractivity contribution in [3.8, 4) is 12.1 Å². The fourth-order valence-corrected chi connectivity index (χ4v) is 2.43. The van der Waals surface area contributed by atoms with E-state index in [1.165, 1.54) is 0 Å². The lowest BCUT2D eigenvalue weighted by Crippen LogP contribution is -2.26. The van der Waals surface area contributed by atoms with Crippen molar-refractivity contribution in [2.75, 3.05) is 25.2 Å². The zero-order valence-electron chi connectivity index (χ0n) is 13.2. The van der Waals surface area contributed by atoms with Crippen LogP contribution in [0.25, 0.3) is 0 Å². The Hall–Kier alpha value is -2.98. The van der Waals surface area contributed by atoms with Crippen LogP contribution in [0.2, 0.25) is 0 Å². The summed E-state index contributed by atoms with van der Waals surface area (Å²) in [5.41, 5.74) is 2.30. The van der Waals surface area contributed by atoms with Crippen molar-refractivity contribution in [1.29, 1.82) is 5.26 Å². The molecule has 122 valence electrons. The van der Waals surface area contributed by atoms with Gasteiger partial charge in [-0.05, 0) is 17.7 Å². The molecule has 2 aromatic rings. The van der Waals surface area contributed by atoms with E-state index in [9.17, 15) is 4.79 Å². The predicted molar refractivity (Wildman–Crippen MR) is 85.5 cm³/mol. The first-order valence-corrected chi connectivity index (χ1v) is 7.48. The van der Waals surface area contributed by atoms with Crippen molar-refractivity contribution in [2.45, 2.75) is 13.0 Å². The Kier molecular flexibility index (Phi) is 4.68. The molecule has 0 N–H and O–H groups in total. The number of benzene rings is 1. The molecule has 2 heterocycles. The van der Waals surface area contributed by atoms with Crippen LogP contribution < -0.4 is 9.64 Å². The van der Waals surface area contributed by atoms with Crippen LogP contribution >= 0.6 is 0 Å². The normalized spacial score (nSPS) is 12.8. The van der Waals surface area contributed by atoms with E-state index in [1.54, 1.807) is 30.3 Å². The lowest BCUT2D eigenvalue weighted by Gasteiger charge is -2.17. The van der Waals surface area contributed by atoms with Gasteiger partial charge in [0.25, 0.3) is 0 Å². The minimum atomic E-state index is -0.0299. The smallest absolute Gasteiger partial charge is 0.318 e. The summed E-state index contributed by atoms with van der Waals surface area (Å²) in [6.45, 7) is 1.18. The number of nitriles is 1. The molecule has 1 amide bonds. The Labute approximate surface area is 139 Å². The van der Waals surface area contributed by atoms with Crippen molar-refractivity contribution in [3.63, 3.8) is 0 Å². The van der Waals surface area contributed by atoms with Gasteiger partial charge in [-0.25, -0.2) is 4.98 Å². The van der Waals surface area contributed by atoms with Gasteiger partial charge in [0.2, 0.25) is 5.91 Å². The lowest BCUT2D eigenvalue weighted by atomic mass is 10.1. The second-order valence-corrected chi connectivity index (χ2v) is 5.31. The van der Waals surface area contributed by atoms with E-state index < -0.39 is 0 Å². The average molecular weight is 324 g/mol. The van der Waals surface area contributed by atoms with E-state index in [-0.39, 0.29) is 18.3 Å². The number of aromatic nitrogens is 2. The number of ether oxygens (including phenoxy) is 2. The maximum absolute atomic E-state index is 12.3. The van der Waals surface area contributed by atoms with E-state index in [0.717, 1.165) is 11.1 Å². The summed E-state index contributed by atoms with van der Waals surface area (Å²) in [7, 11) is 1.59. The summed E-state index contributed by atoms with van der Waals surface area (Å²) in [4.78, 5) is 22.4. The molecule has 7 nitrogen and oxygen atoms in total. The highest BCUT2D eigenvalue weighted by atomic mass is 16.5. The number of hydrogen-bond acceptors (Lipinski definition) is 6. The van der Waals surface area contributed by atoms with E-state index in [2.05, 4.69) is 16.0 Å². The van der Waals surface area contributed by atoms with Crippen LogP contribution in [-0.2, 0) is 22.5 Å². The molecule has 0 saturated carbocycles. The Morgan fingerprint density at radius 3 is 2.79 bits per heavy atom. The van der Waals surface area contributed by atoms with Gasteiger partial charge >= 0.3 is 6.01 Å². The molecule has 1 aliphatic heterocycles. The first-order valence-electron chi connectivity index (χ1n) is 7.48. The molecule has 1 aliphatic rings. The number of fused-ring (bicyclic) bond motifs is 1. The number of nitrogens with zero attached hydrogens (tertiary/aromatic N) is 4. The topological polar surface area (TPSA) is 88.3 Å². The van der Waals surface area contributed by atoms with Crippen LogP contribution in [0.3, 0.4) is 0 Å². The van der Waals surface area contributed by atoms with Gasteiger partial charge in [0.05, 0.1) is 31.2 Å². The molecule has 7 heteroatoms. The maximum atomic E-state index is 12.3. The first-order chi connectivity index (χ1) is 11.7. The van der Waals surface area contributed by atoms with Gasteiger partial charge in [0, 0.05) is 18.9 Å². The van der Waals surface area contributed by atoms with Gasteiger partial charge < -0.3 is 9.47 Å². The zero-order chi connectivity index (χ0) is 16.9. The molecule has 0 spiro atoms. The number of methoxy groups -OCH3 is 1. The number of hydrogen-bond donors (Lipinski definition) is 0. The van der Waals surface area contributed by atoms with Crippen molar-refractivity contribution in [3.05, 3.63) is 47.2 Å². The van der Waals surface area contributed by atoms with E-state index in [1.807, 2.05) is 12.1 Å². The van der Waals surface area contributed by atoms with Gasteiger partial charge in [0.15, 0.2) is 0 Å². The van der Waals surface area contributed by atoms with Crippen molar-refractivity contribution in [1.82, 2.24) is 9.97 Å². The highest BCUT2D eigenvalue weighted by Gasteiger charge is 2.29. The third-order valence-corrected chi connectivity index (χ3v) is 3.66. The second-order valence-electron chi connectivity index (χ2n) is 5.31. The first kappa shape index (κ1) is 15.9. The van der Waals surface area contributed by atoms with E-state index in [0.29, 0.717) is 31.1 Å². The Balaban J connectivity index is 1.78. The lowest BCUT2D eigenvalue weighted by molar-refractivity contribution is -0.117. The van der Waals surface area contributed by atoms with Crippen molar-refractivity contribution in [2.24, 2.45) is 0 Å². The molecule has 1 aromatic heterocycles. The SMILES string of the molecule is COCCOc1ncc2c(n1)N(Cc1ccc(C#N)cc1)C(=O)C2. The fourth-order valence-electron chi connectivity index (χ4n) is 2.43. The highest BCUT2D eigenvalue weighted by molar-refractivity contribution is 6.00. The highest BCUT2D eigenvalue weighted by Crippen LogP contribution is 2.29.